The Morgan fingerprint density at radius 3 is 2.33 bits per heavy atom. The molecule has 0 radical (unpaired) electrons. The van der Waals surface area contributed by atoms with Gasteiger partial charge in [0.15, 0.2) is 0 Å². The number of hydrogen-bond acceptors (Lipinski definition) is 6. The molecule has 24 heavy (non-hydrogen) atoms. The number of rotatable bonds is 11. The average molecular weight is 341 g/mol. The third-order valence-electron chi connectivity index (χ3n) is 4.47. The van der Waals surface area contributed by atoms with Crippen molar-refractivity contribution < 1.29 is 28.5 Å². The van der Waals surface area contributed by atoms with Gasteiger partial charge in [-0.3, -0.25) is 14.5 Å². The Hall–Kier alpha value is -1.28. The van der Waals surface area contributed by atoms with Gasteiger partial charge in [-0.25, -0.2) is 0 Å². The smallest absolute Gasteiger partial charge is 0.236 e. The zero-order valence-electron chi connectivity index (χ0n) is 14.4. The summed E-state index contributed by atoms with van der Waals surface area (Å²) in [5.74, 6) is -1.15. The number of methoxy groups -OCH3 is 1. The van der Waals surface area contributed by atoms with E-state index in [-0.39, 0.29) is 36.5 Å². The number of fused-ring (bicyclic) bond motifs is 1. The third-order valence-corrected chi connectivity index (χ3v) is 4.47. The molecule has 0 saturated carbocycles. The fraction of sp³-hybridized carbons (Fsp3) is 0.765. The fourth-order valence-electron chi connectivity index (χ4n) is 3.27. The van der Waals surface area contributed by atoms with Gasteiger partial charge in [-0.05, 0) is 6.42 Å². The Morgan fingerprint density at radius 2 is 1.71 bits per heavy atom. The molecule has 0 bridgehead atoms. The zero-order valence-corrected chi connectivity index (χ0v) is 14.4. The molecule has 0 spiro atoms. The van der Waals surface area contributed by atoms with Gasteiger partial charge in [0.25, 0.3) is 0 Å². The first kappa shape index (κ1) is 19.1. The topological polar surface area (TPSA) is 74.3 Å². The lowest BCUT2D eigenvalue weighted by Crippen LogP contribution is -2.38. The SMILES string of the molecule is C=CC1OC(CC)[C@@H]2C(=O)N(CCOCCOCCOC)C(=O)[C@H]12. The number of hydrogen-bond donors (Lipinski definition) is 0. The number of carbonyl (C=O) groups is 2. The van der Waals surface area contributed by atoms with E-state index < -0.39 is 5.92 Å². The molecule has 0 aliphatic carbocycles. The van der Waals surface area contributed by atoms with E-state index in [1.165, 1.54) is 4.90 Å². The molecule has 2 rings (SSSR count). The summed E-state index contributed by atoms with van der Waals surface area (Å²) >= 11 is 0. The van der Waals surface area contributed by atoms with Gasteiger partial charge in [0.2, 0.25) is 11.8 Å². The van der Waals surface area contributed by atoms with E-state index >= 15 is 0 Å². The van der Waals surface area contributed by atoms with Crippen LogP contribution in [0.3, 0.4) is 0 Å². The van der Waals surface area contributed by atoms with Gasteiger partial charge in [-0.15, -0.1) is 6.58 Å². The molecule has 2 heterocycles. The number of carbonyl (C=O) groups excluding carboxylic acids is 2. The molecular weight excluding hydrogens is 314 g/mol. The highest BCUT2D eigenvalue weighted by atomic mass is 16.5. The number of ether oxygens (including phenoxy) is 4. The van der Waals surface area contributed by atoms with Crippen molar-refractivity contribution in [1.82, 2.24) is 4.90 Å². The van der Waals surface area contributed by atoms with Crippen molar-refractivity contribution in [3.05, 3.63) is 12.7 Å². The Balaban J connectivity index is 1.77. The van der Waals surface area contributed by atoms with E-state index in [0.717, 1.165) is 0 Å². The second-order valence-corrected chi connectivity index (χ2v) is 5.88. The first-order valence-electron chi connectivity index (χ1n) is 8.43. The molecule has 0 N–H and O–H groups in total. The molecule has 136 valence electrons. The molecule has 0 aromatic rings. The summed E-state index contributed by atoms with van der Waals surface area (Å²) in [6.45, 7) is 8.20. The maximum absolute atomic E-state index is 12.6. The molecule has 2 aliphatic heterocycles. The number of imide groups is 1. The molecule has 2 amide bonds. The van der Waals surface area contributed by atoms with Gasteiger partial charge in [0, 0.05) is 7.11 Å². The summed E-state index contributed by atoms with van der Waals surface area (Å²) in [7, 11) is 1.62. The second-order valence-electron chi connectivity index (χ2n) is 5.88. The van der Waals surface area contributed by atoms with Gasteiger partial charge in [0.05, 0.1) is 63.6 Å². The Kier molecular flexibility index (Phi) is 7.36. The summed E-state index contributed by atoms with van der Waals surface area (Å²) in [6.07, 6.45) is 1.73. The van der Waals surface area contributed by atoms with Gasteiger partial charge < -0.3 is 18.9 Å². The molecule has 7 nitrogen and oxygen atoms in total. The van der Waals surface area contributed by atoms with E-state index in [4.69, 9.17) is 18.9 Å². The van der Waals surface area contributed by atoms with E-state index in [1.807, 2.05) is 6.92 Å². The van der Waals surface area contributed by atoms with Crippen molar-refractivity contribution in [2.45, 2.75) is 25.6 Å². The highest BCUT2D eigenvalue weighted by Crippen LogP contribution is 2.41. The molecule has 2 aliphatic rings. The van der Waals surface area contributed by atoms with E-state index in [0.29, 0.717) is 39.5 Å². The van der Waals surface area contributed by atoms with Gasteiger partial charge >= 0.3 is 0 Å². The normalized spacial score (nSPS) is 29.3. The summed E-state index contributed by atoms with van der Waals surface area (Å²) < 4.78 is 21.3. The van der Waals surface area contributed by atoms with Crippen LogP contribution in [0.5, 0.6) is 0 Å². The average Bonchev–Trinajstić information content (AvgIpc) is 3.08. The van der Waals surface area contributed by atoms with Gasteiger partial charge in [-0.2, -0.15) is 0 Å². The van der Waals surface area contributed by atoms with Crippen LogP contribution in [0.1, 0.15) is 13.3 Å². The minimum Gasteiger partial charge on any atom is -0.382 e. The van der Waals surface area contributed by atoms with Crippen LogP contribution < -0.4 is 0 Å². The van der Waals surface area contributed by atoms with Crippen LogP contribution in [0.25, 0.3) is 0 Å². The quantitative estimate of drug-likeness (QED) is 0.312. The molecule has 2 saturated heterocycles. The molecular formula is C17H27NO6. The van der Waals surface area contributed by atoms with E-state index in [1.54, 1.807) is 13.2 Å². The number of amides is 2. The van der Waals surface area contributed by atoms with Crippen LogP contribution in [0.4, 0.5) is 0 Å². The van der Waals surface area contributed by atoms with E-state index in [2.05, 4.69) is 6.58 Å². The van der Waals surface area contributed by atoms with Crippen LogP contribution in [-0.2, 0) is 28.5 Å². The van der Waals surface area contributed by atoms with Crippen LogP contribution in [0.15, 0.2) is 12.7 Å². The maximum Gasteiger partial charge on any atom is 0.236 e. The first-order valence-corrected chi connectivity index (χ1v) is 8.43. The molecule has 0 aromatic carbocycles. The molecule has 2 fully saturated rings. The second kappa shape index (κ2) is 9.27. The van der Waals surface area contributed by atoms with Crippen molar-refractivity contribution in [3.8, 4) is 0 Å². The molecule has 7 heteroatoms. The summed E-state index contributed by atoms with van der Waals surface area (Å²) in [5.41, 5.74) is 0. The van der Waals surface area contributed by atoms with Crippen LogP contribution in [0, 0.1) is 11.8 Å². The fourth-order valence-corrected chi connectivity index (χ4v) is 3.27. The standard InChI is InChI=1S/C17H27NO6/c1-4-12-14-15(13(5-2)24-12)17(20)18(16(14)19)6-7-22-10-11-23-9-8-21-3/h4,12-15H,1,5-11H2,2-3H3/t12?,13?,14-,15+/m1/s1. The summed E-state index contributed by atoms with van der Waals surface area (Å²) in [6, 6.07) is 0. The highest BCUT2D eigenvalue weighted by Gasteiger charge is 2.58. The lowest BCUT2D eigenvalue weighted by atomic mass is 9.88. The van der Waals surface area contributed by atoms with E-state index in [9.17, 15) is 9.59 Å². The Morgan fingerprint density at radius 1 is 1.08 bits per heavy atom. The predicted octanol–water partition coefficient (Wildman–Crippen LogP) is 0.631. The number of nitrogens with zero attached hydrogens (tertiary/aromatic N) is 1. The van der Waals surface area contributed by atoms with Gasteiger partial charge in [0.1, 0.15) is 0 Å². The minimum atomic E-state index is -0.433. The van der Waals surface area contributed by atoms with Crippen molar-refractivity contribution >= 4 is 11.8 Å². The minimum absolute atomic E-state index is 0.152. The monoisotopic (exact) mass is 341 g/mol. The first-order chi connectivity index (χ1) is 11.7. The van der Waals surface area contributed by atoms with Crippen molar-refractivity contribution in [2.24, 2.45) is 11.8 Å². The van der Waals surface area contributed by atoms with Crippen LogP contribution >= 0.6 is 0 Å². The third kappa shape index (κ3) is 4.03. The summed E-state index contributed by atoms with van der Waals surface area (Å²) in [4.78, 5) is 26.4. The predicted molar refractivity (Wildman–Crippen MR) is 86.4 cm³/mol. The van der Waals surface area contributed by atoms with Gasteiger partial charge in [-0.1, -0.05) is 13.0 Å². The van der Waals surface area contributed by atoms with Crippen molar-refractivity contribution in [3.63, 3.8) is 0 Å². The van der Waals surface area contributed by atoms with Crippen LogP contribution in [0.2, 0.25) is 0 Å². The van der Waals surface area contributed by atoms with Crippen molar-refractivity contribution in [2.75, 3.05) is 46.7 Å². The molecule has 2 unspecified atom stereocenters. The Bertz CT molecular complexity index is 454. The molecule has 0 aromatic heterocycles. The van der Waals surface area contributed by atoms with Crippen LogP contribution in [-0.4, -0.2) is 75.6 Å². The zero-order chi connectivity index (χ0) is 17.5. The summed E-state index contributed by atoms with van der Waals surface area (Å²) in [5, 5.41) is 0. The molecule has 4 atom stereocenters. The number of likely N-dealkylation sites (tertiary alicyclic amines) is 1. The lowest BCUT2D eigenvalue weighted by molar-refractivity contribution is -0.144. The largest absolute Gasteiger partial charge is 0.382 e. The van der Waals surface area contributed by atoms with Crippen molar-refractivity contribution in [1.29, 1.82) is 0 Å². The maximum atomic E-state index is 12.6. The Labute approximate surface area is 142 Å². The highest BCUT2D eigenvalue weighted by molar-refractivity contribution is 6.06. The lowest BCUT2D eigenvalue weighted by Gasteiger charge is -2.20.